The van der Waals surface area contributed by atoms with E-state index in [0.29, 0.717) is 10.8 Å². The summed E-state index contributed by atoms with van der Waals surface area (Å²) in [5.74, 6) is 6.84. The van der Waals surface area contributed by atoms with Crippen molar-refractivity contribution in [2.75, 3.05) is 12.5 Å². The second-order valence-electron chi connectivity index (χ2n) is 13.2. The number of rotatable bonds is 7. The predicted octanol–water partition coefficient (Wildman–Crippen LogP) is 10.0. The molecule has 32 heavy (non-hydrogen) atoms. The van der Waals surface area contributed by atoms with Crippen molar-refractivity contribution in [3.05, 3.63) is 9.81 Å². The number of hydrogen-bond donors (Lipinski definition) is 0. The van der Waals surface area contributed by atoms with Crippen LogP contribution in [0, 0.1) is 52.3 Å². The van der Waals surface area contributed by atoms with E-state index in [1.807, 2.05) is 29.1 Å². The summed E-state index contributed by atoms with van der Waals surface area (Å²) in [7, 11) is 0. The number of thioether (sulfide) groups is 2. The van der Waals surface area contributed by atoms with Gasteiger partial charge in [-0.15, -0.1) is 23.5 Å². The largest absolute Gasteiger partial charge is 0.123 e. The van der Waals surface area contributed by atoms with Crippen molar-refractivity contribution in [3.8, 4) is 0 Å². The molecule has 0 nitrogen and oxygen atoms in total. The fraction of sp³-hybridized carbons (Fsp3) is 0.933. The highest BCUT2D eigenvalue weighted by atomic mass is 32.2. The summed E-state index contributed by atoms with van der Waals surface area (Å²) in [5.41, 5.74) is 3.07. The van der Waals surface area contributed by atoms with Crippen LogP contribution in [0.3, 0.4) is 0 Å². The van der Waals surface area contributed by atoms with Crippen LogP contribution in [0.5, 0.6) is 0 Å². The molecule has 184 valence electrons. The number of allylic oxidation sites excluding steroid dienone is 1. The van der Waals surface area contributed by atoms with Crippen LogP contribution in [0.4, 0.5) is 0 Å². The minimum absolute atomic E-state index is 0.622. The summed E-state index contributed by atoms with van der Waals surface area (Å²) in [4.78, 5) is 0. The molecule has 4 aliphatic carbocycles. The molecule has 8 unspecified atom stereocenters. The minimum Gasteiger partial charge on any atom is -0.123 e. The Morgan fingerprint density at radius 3 is 2.28 bits per heavy atom. The van der Waals surface area contributed by atoms with Crippen LogP contribution in [0.1, 0.15) is 112 Å². The highest BCUT2D eigenvalue weighted by Crippen LogP contribution is 2.69. The van der Waals surface area contributed by atoms with Crippen LogP contribution in [-0.4, -0.2) is 12.5 Å². The molecule has 0 aromatic heterocycles. The lowest BCUT2D eigenvalue weighted by Crippen LogP contribution is -2.53. The molecule has 0 aliphatic heterocycles. The van der Waals surface area contributed by atoms with Crippen molar-refractivity contribution >= 4 is 23.5 Å². The van der Waals surface area contributed by atoms with E-state index in [4.69, 9.17) is 0 Å². The van der Waals surface area contributed by atoms with Crippen molar-refractivity contribution < 1.29 is 0 Å². The highest BCUT2D eigenvalue weighted by molar-refractivity contribution is 8.21. The van der Waals surface area contributed by atoms with E-state index < -0.39 is 0 Å². The zero-order chi connectivity index (χ0) is 23.1. The van der Waals surface area contributed by atoms with Gasteiger partial charge < -0.3 is 0 Å². The quantitative estimate of drug-likeness (QED) is 0.358. The minimum atomic E-state index is 0.622. The molecule has 2 heteroatoms. The molecular formula is C30H52S2. The van der Waals surface area contributed by atoms with E-state index in [9.17, 15) is 0 Å². The first kappa shape index (κ1) is 25.5. The Bertz CT molecular complexity index is 674. The third kappa shape index (κ3) is 4.52. The van der Waals surface area contributed by atoms with Gasteiger partial charge in [0.05, 0.1) is 0 Å². The SMILES string of the molecule is CSC(SC)=C1CCC2(C)C(CCC3C2CCC2(C)C(C(C)CCCC(C)C)CCC32)C1. The van der Waals surface area contributed by atoms with Crippen LogP contribution >= 0.6 is 23.5 Å². The van der Waals surface area contributed by atoms with Gasteiger partial charge in [0, 0.05) is 4.24 Å². The molecule has 4 rings (SSSR count). The van der Waals surface area contributed by atoms with E-state index >= 15 is 0 Å². The van der Waals surface area contributed by atoms with Gasteiger partial charge in [-0.25, -0.2) is 0 Å². The first-order chi connectivity index (χ1) is 15.2. The Hall–Kier alpha value is 0.440. The molecular weight excluding hydrogens is 424 g/mol. The third-order valence-electron chi connectivity index (χ3n) is 11.4. The lowest BCUT2D eigenvalue weighted by Gasteiger charge is -2.61. The number of hydrogen-bond acceptors (Lipinski definition) is 2. The van der Waals surface area contributed by atoms with Crippen LogP contribution in [0.25, 0.3) is 0 Å². The maximum absolute atomic E-state index is 2.75. The van der Waals surface area contributed by atoms with E-state index in [-0.39, 0.29) is 0 Å². The zero-order valence-corrected chi connectivity index (χ0v) is 24.0. The van der Waals surface area contributed by atoms with E-state index in [1.54, 1.807) is 17.1 Å². The summed E-state index contributed by atoms with van der Waals surface area (Å²) in [6.07, 6.45) is 22.4. The van der Waals surface area contributed by atoms with Gasteiger partial charge in [-0.05, 0) is 128 Å². The van der Waals surface area contributed by atoms with Crippen LogP contribution in [0.2, 0.25) is 0 Å². The molecule has 0 bridgehead atoms. The molecule has 0 aromatic carbocycles. The van der Waals surface area contributed by atoms with Gasteiger partial charge in [-0.2, -0.15) is 0 Å². The average molecular weight is 477 g/mol. The molecule has 0 aromatic rings. The smallest absolute Gasteiger partial charge is 0.0387 e. The van der Waals surface area contributed by atoms with Gasteiger partial charge in [-0.3, -0.25) is 0 Å². The zero-order valence-electron chi connectivity index (χ0n) is 22.3. The van der Waals surface area contributed by atoms with Crippen molar-refractivity contribution in [3.63, 3.8) is 0 Å². The number of fused-ring (bicyclic) bond motifs is 5. The lowest BCUT2D eigenvalue weighted by atomic mass is 9.44. The first-order valence-electron chi connectivity index (χ1n) is 14.0. The molecule has 4 fully saturated rings. The van der Waals surface area contributed by atoms with Gasteiger partial charge in [0.2, 0.25) is 0 Å². The predicted molar refractivity (Wildman–Crippen MR) is 147 cm³/mol. The summed E-state index contributed by atoms with van der Waals surface area (Å²) in [6, 6.07) is 0. The maximum Gasteiger partial charge on any atom is 0.0387 e. The molecule has 0 N–H and O–H groups in total. The third-order valence-corrected chi connectivity index (χ3v) is 13.7. The molecule has 8 atom stereocenters. The lowest BCUT2D eigenvalue weighted by molar-refractivity contribution is -0.109. The summed E-state index contributed by atoms with van der Waals surface area (Å²) in [5, 5.41) is 0. The summed E-state index contributed by atoms with van der Waals surface area (Å²) in [6.45, 7) is 12.9. The highest BCUT2D eigenvalue weighted by Gasteiger charge is 2.60. The van der Waals surface area contributed by atoms with Gasteiger partial charge in [-0.1, -0.05) is 53.9 Å². The van der Waals surface area contributed by atoms with Gasteiger partial charge >= 0.3 is 0 Å². The normalized spacial score (nSPS) is 42.4. The summed E-state index contributed by atoms with van der Waals surface area (Å²) < 4.78 is 1.63. The Morgan fingerprint density at radius 2 is 1.59 bits per heavy atom. The van der Waals surface area contributed by atoms with Crippen molar-refractivity contribution in [1.29, 1.82) is 0 Å². The molecule has 0 amide bonds. The Balaban J connectivity index is 1.46. The first-order valence-corrected chi connectivity index (χ1v) is 16.5. The van der Waals surface area contributed by atoms with Crippen molar-refractivity contribution in [2.24, 2.45) is 52.3 Å². The molecule has 4 aliphatic rings. The molecule has 0 saturated heterocycles. The van der Waals surface area contributed by atoms with Crippen molar-refractivity contribution in [1.82, 2.24) is 0 Å². The molecule has 4 saturated carbocycles. The second-order valence-corrected chi connectivity index (χ2v) is 15.1. The van der Waals surface area contributed by atoms with E-state index in [0.717, 1.165) is 41.4 Å². The standard InChI is InChI=1S/C30H52S2/c1-20(2)9-8-10-21(3)25-13-14-26-24-12-11-23-19-22(28(31-6)32-7)15-17-29(23,4)27(24)16-18-30(25,26)5/h20-21,23-27H,8-19H2,1-7H3. The Morgan fingerprint density at radius 1 is 0.875 bits per heavy atom. The van der Waals surface area contributed by atoms with Crippen LogP contribution in [0.15, 0.2) is 9.81 Å². The van der Waals surface area contributed by atoms with Crippen LogP contribution < -0.4 is 0 Å². The van der Waals surface area contributed by atoms with Gasteiger partial charge in [0.1, 0.15) is 0 Å². The van der Waals surface area contributed by atoms with E-state index in [1.165, 1.54) is 64.2 Å². The monoisotopic (exact) mass is 476 g/mol. The maximum atomic E-state index is 2.75. The molecule has 0 radical (unpaired) electrons. The second kappa shape index (κ2) is 10.2. The van der Waals surface area contributed by atoms with Gasteiger partial charge in [0.25, 0.3) is 0 Å². The molecule has 0 heterocycles. The fourth-order valence-electron chi connectivity index (χ4n) is 9.66. The van der Waals surface area contributed by atoms with Crippen molar-refractivity contribution in [2.45, 2.75) is 112 Å². The Labute approximate surface area is 209 Å². The van der Waals surface area contributed by atoms with Crippen LogP contribution in [-0.2, 0) is 0 Å². The Kier molecular flexibility index (Phi) is 8.14. The molecule has 0 spiro atoms. The fourth-order valence-corrected chi connectivity index (χ4v) is 11.3. The van der Waals surface area contributed by atoms with E-state index in [2.05, 4.69) is 47.1 Å². The van der Waals surface area contributed by atoms with Gasteiger partial charge in [0.15, 0.2) is 0 Å². The average Bonchev–Trinajstić information content (AvgIpc) is 3.11. The topological polar surface area (TPSA) is 0 Å². The summed E-state index contributed by atoms with van der Waals surface area (Å²) >= 11 is 4.00.